The molecule has 1 aliphatic heterocycles. The number of hydrogen-bond acceptors (Lipinski definition) is 9. The minimum absolute atomic E-state index is 0.0348. The molecule has 31 heavy (non-hydrogen) atoms. The van der Waals surface area contributed by atoms with Crippen LogP contribution in [0.3, 0.4) is 0 Å². The molecule has 1 saturated heterocycles. The zero-order chi connectivity index (χ0) is 22.4. The first-order valence-electron chi connectivity index (χ1n) is 10.4. The lowest BCUT2D eigenvalue weighted by Gasteiger charge is -2.48. The SMILES string of the molecule is Cc1nsc(-c2ccc(-c3cnc(N(C)C4CC(C)(C)NC(C)(C)C4)nn3)c(O)c2)n1. The number of phenols is 1. The van der Waals surface area contributed by atoms with Crippen molar-refractivity contribution < 1.29 is 5.11 Å². The first kappa shape index (κ1) is 21.6. The number of hydrogen-bond donors (Lipinski definition) is 2. The first-order chi connectivity index (χ1) is 14.5. The van der Waals surface area contributed by atoms with Gasteiger partial charge in [0.25, 0.3) is 0 Å². The molecule has 0 aliphatic carbocycles. The maximum absolute atomic E-state index is 10.6. The Morgan fingerprint density at radius 2 is 1.84 bits per heavy atom. The van der Waals surface area contributed by atoms with Gasteiger partial charge in [0.15, 0.2) is 0 Å². The third-order valence-corrected chi connectivity index (χ3v) is 6.48. The highest BCUT2D eigenvalue weighted by atomic mass is 32.1. The molecule has 0 unspecified atom stereocenters. The summed E-state index contributed by atoms with van der Waals surface area (Å²) < 4.78 is 4.19. The van der Waals surface area contributed by atoms with Crippen molar-refractivity contribution in [3.63, 3.8) is 0 Å². The summed E-state index contributed by atoms with van der Waals surface area (Å²) in [6.45, 7) is 10.8. The number of phenolic OH excluding ortho intramolecular Hbond substituents is 1. The van der Waals surface area contributed by atoms with E-state index in [2.05, 4.69) is 62.5 Å². The van der Waals surface area contributed by atoms with Crippen LogP contribution in [0.1, 0.15) is 46.4 Å². The van der Waals surface area contributed by atoms with Gasteiger partial charge in [-0.15, -0.1) is 10.2 Å². The van der Waals surface area contributed by atoms with Gasteiger partial charge in [-0.1, -0.05) is 6.07 Å². The lowest BCUT2D eigenvalue weighted by molar-refractivity contribution is 0.160. The molecule has 4 rings (SSSR count). The van der Waals surface area contributed by atoms with Crippen LogP contribution in [0.4, 0.5) is 5.95 Å². The van der Waals surface area contributed by atoms with E-state index in [1.165, 1.54) is 11.5 Å². The highest BCUT2D eigenvalue weighted by Crippen LogP contribution is 2.34. The van der Waals surface area contributed by atoms with E-state index in [-0.39, 0.29) is 16.8 Å². The van der Waals surface area contributed by atoms with Crippen molar-refractivity contribution in [2.45, 2.75) is 64.6 Å². The second-order valence-electron chi connectivity index (χ2n) is 9.59. The van der Waals surface area contributed by atoms with E-state index in [1.54, 1.807) is 12.3 Å². The average molecular weight is 440 g/mol. The van der Waals surface area contributed by atoms with Gasteiger partial charge < -0.3 is 15.3 Å². The Morgan fingerprint density at radius 3 is 2.39 bits per heavy atom. The maximum atomic E-state index is 10.6. The molecule has 0 amide bonds. The fourth-order valence-electron chi connectivity index (χ4n) is 4.56. The average Bonchev–Trinajstić information content (AvgIpc) is 3.11. The molecule has 2 N–H and O–H groups in total. The molecule has 0 radical (unpaired) electrons. The quantitative estimate of drug-likeness (QED) is 0.633. The number of benzene rings is 1. The monoisotopic (exact) mass is 439 g/mol. The molecule has 3 heterocycles. The fraction of sp³-hybridized carbons (Fsp3) is 0.500. The Hall–Kier alpha value is -2.65. The van der Waals surface area contributed by atoms with E-state index in [0.717, 1.165) is 29.2 Å². The normalized spacial score (nSPS) is 18.1. The number of rotatable bonds is 4. The van der Waals surface area contributed by atoms with Gasteiger partial charge in [-0.25, -0.2) is 9.97 Å². The summed E-state index contributed by atoms with van der Waals surface area (Å²) >= 11 is 1.31. The molecule has 1 fully saturated rings. The number of nitrogens with zero attached hydrogens (tertiary/aromatic N) is 6. The molecule has 1 aromatic carbocycles. The minimum Gasteiger partial charge on any atom is -0.507 e. The summed E-state index contributed by atoms with van der Waals surface area (Å²) in [5.74, 6) is 1.42. The van der Waals surface area contributed by atoms with Gasteiger partial charge in [0.1, 0.15) is 22.3 Å². The number of aryl methyl sites for hydroxylation is 1. The van der Waals surface area contributed by atoms with Gasteiger partial charge in [0, 0.05) is 35.3 Å². The summed E-state index contributed by atoms with van der Waals surface area (Å²) in [6, 6.07) is 5.70. The molecule has 2 aromatic heterocycles. The van der Waals surface area contributed by atoms with Crippen LogP contribution in [0.25, 0.3) is 21.8 Å². The van der Waals surface area contributed by atoms with Crippen molar-refractivity contribution in [2.75, 3.05) is 11.9 Å². The standard InChI is InChI=1S/C22H29N7OS/c1-13-24-19(31-27-13)14-7-8-16(18(30)9-14)17-12-23-20(26-25-17)29(6)15-10-21(2,3)28-22(4,5)11-15/h7-9,12,15,28,30H,10-11H2,1-6H3. The number of aromatic hydroxyl groups is 1. The lowest BCUT2D eigenvalue weighted by Crippen LogP contribution is -2.62. The molecule has 0 bridgehead atoms. The number of piperidine rings is 1. The Labute approximate surface area is 187 Å². The van der Waals surface area contributed by atoms with Crippen LogP contribution >= 0.6 is 11.5 Å². The summed E-state index contributed by atoms with van der Waals surface area (Å²) in [4.78, 5) is 11.0. The van der Waals surface area contributed by atoms with Crippen LogP contribution in [0.15, 0.2) is 24.4 Å². The van der Waals surface area contributed by atoms with Gasteiger partial charge in [0.2, 0.25) is 5.95 Å². The Morgan fingerprint density at radius 1 is 1.13 bits per heavy atom. The Kier molecular flexibility index (Phi) is 5.43. The van der Waals surface area contributed by atoms with Crippen LogP contribution in [0.2, 0.25) is 0 Å². The van der Waals surface area contributed by atoms with Crippen LogP contribution in [-0.2, 0) is 0 Å². The van der Waals surface area contributed by atoms with E-state index in [1.807, 2.05) is 26.1 Å². The van der Waals surface area contributed by atoms with E-state index in [9.17, 15) is 5.11 Å². The minimum atomic E-state index is 0.0348. The molecule has 0 atom stereocenters. The van der Waals surface area contributed by atoms with Crippen LogP contribution in [0, 0.1) is 6.92 Å². The van der Waals surface area contributed by atoms with E-state index < -0.39 is 0 Å². The molecule has 164 valence electrons. The molecule has 1 aliphatic rings. The number of nitrogens with one attached hydrogen (secondary N) is 1. The summed E-state index contributed by atoms with van der Waals surface area (Å²) in [5, 5.41) is 23.7. The van der Waals surface area contributed by atoms with Gasteiger partial charge in [0.05, 0.1) is 6.20 Å². The zero-order valence-corrected chi connectivity index (χ0v) is 19.7. The molecule has 8 nitrogen and oxygen atoms in total. The van der Waals surface area contributed by atoms with Gasteiger partial charge in [-0.05, 0) is 71.1 Å². The van der Waals surface area contributed by atoms with Crippen molar-refractivity contribution in [1.82, 2.24) is 29.9 Å². The summed E-state index contributed by atoms with van der Waals surface area (Å²) in [6.07, 6.45) is 3.65. The van der Waals surface area contributed by atoms with Crippen molar-refractivity contribution in [3.05, 3.63) is 30.2 Å². The Bertz CT molecular complexity index is 1060. The molecule has 9 heteroatoms. The summed E-state index contributed by atoms with van der Waals surface area (Å²) in [5.41, 5.74) is 2.00. The zero-order valence-electron chi connectivity index (χ0n) is 18.8. The molecular formula is C22H29N7OS. The molecule has 0 spiro atoms. The predicted molar refractivity (Wildman–Crippen MR) is 123 cm³/mol. The molecule has 0 saturated carbocycles. The fourth-order valence-corrected chi connectivity index (χ4v) is 5.22. The highest BCUT2D eigenvalue weighted by molar-refractivity contribution is 7.09. The highest BCUT2D eigenvalue weighted by Gasteiger charge is 2.39. The third-order valence-electron chi connectivity index (χ3n) is 5.63. The van der Waals surface area contributed by atoms with Crippen molar-refractivity contribution in [3.8, 4) is 27.6 Å². The van der Waals surface area contributed by atoms with Crippen LogP contribution in [-0.4, -0.2) is 53.8 Å². The van der Waals surface area contributed by atoms with Crippen molar-refractivity contribution >= 4 is 17.5 Å². The van der Waals surface area contributed by atoms with Crippen LogP contribution in [0.5, 0.6) is 5.75 Å². The summed E-state index contributed by atoms with van der Waals surface area (Å²) in [7, 11) is 2.02. The largest absolute Gasteiger partial charge is 0.507 e. The van der Waals surface area contributed by atoms with Crippen LogP contribution < -0.4 is 10.2 Å². The van der Waals surface area contributed by atoms with E-state index in [4.69, 9.17) is 0 Å². The van der Waals surface area contributed by atoms with Gasteiger partial charge in [-0.3, -0.25) is 0 Å². The smallest absolute Gasteiger partial charge is 0.245 e. The van der Waals surface area contributed by atoms with E-state index >= 15 is 0 Å². The van der Waals surface area contributed by atoms with Gasteiger partial charge in [-0.2, -0.15) is 4.37 Å². The second-order valence-corrected chi connectivity index (χ2v) is 10.3. The molecular weight excluding hydrogens is 410 g/mol. The number of anilines is 1. The lowest BCUT2D eigenvalue weighted by atomic mass is 9.79. The predicted octanol–water partition coefficient (Wildman–Crippen LogP) is 3.82. The number of aromatic nitrogens is 5. The Balaban J connectivity index is 1.54. The van der Waals surface area contributed by atoms with Crippen molar-refractivity contribution in [1.29, 1.82) is 0 Å². The maximum Gasteiger partial charge on any atom is 0.245 e. The second kappa shape index (κ2) is 7.80. The van der Waals surface area contributed by atoms with Crippen molar-refractivity contribution in [2.24, 2.45) is 0 Å². The van der Waals surface area contributed by atoms with E-state index in [0.29, 0.717) is 23.2 Å². The molecule has 3 aromatic rings. The van der Waals surface area contributed by atoms with Gasteiger partial charge >= 0.3 is 0 Å². The topological polar surface area (TPSA) is 100.0 Å². The first-order valence-corrected chi connectivity index (χ1v) is 11.2. The third kappa shape index (κ3) is 4.67.